The van der Waals surface area contributed by atoms with Gasteiger partial charge in [-0.2, -0.15) is 5.01 Å². The van der Waals surface area contributed by atoms with Crippen molar-refractivity contribution in [2.45, 2.75) is 22.6 Å². The number of carbonyl (C=O) groups excluding carboxylic acids is 3. The van der Waals surface area contributed by atoms with E-state index in [1.165, 1.54) is 30.3 Å². The maximum Gasteiger partial charge on any atom is 0.274 e. The van der Waals surface area contributed by atoms with Crippen LogP contribution in [0.1, 0.15) is 22.3 Å². The topological polar surface area (TPSA) is 101 Å². The highest BCUT2D eigenvalue weighted by atomic mass is 79.9. The second kappa shape index (κ2) is 8.73. The van der Waals surface area contributed by atoms with Gasteiger partial charge in [-0.05, 0) is 36.0 Å². The van der Waals surface area contributed by atoms with E-state index in [0.717, 1.165) is 16.4 Å². The van der Waals surface area contributed by atoms with E-state index < -0.39 is 34.5 Å². The van der Waals surface area contributed by atoms with Crippen LogP contribution in [-0.4, -0.2) is 42.3 Å². The van der Waals surface area contributed by atoms with Crippen LogP contribution in [0.3, 0.4) is 0 Å². The quantitative estimate of drug-likeness (QED) is 0.213. The highest BCUT2D eigenvalue weighted by Crippen LogP contribution is 2.60. The van der Waals surface area contributed by atoms with Crippen molar-refractivity contribution in [1.82, 2.24) is 10.0 Å². The summed E-state index contributed by atoms with van der Waals surface area (Å²) in [6, 6.07) is 12.1. The number of hydrazine groups is 1. The lowest BCUT2D eigenvalue weighted by molar-refractivity contribution is -0.384. The van der Waals surface area contributed by atoms with Crippen LogP contribution in [0.4, 0.5) is 5.69 Å². The molecule has 2 aromatic rings. The van der Waals surface area contributed by atoms with E-state index in [1.54, 1.807) is 18.2 Å². The third-order valence-electron chi connectivity index (χ3n) is 7.02. The number of non-ortho nitro benzene ring substituents is 1. The van der Waals surface area contributed by atoms with Gasteiger partial charge in [0.2, 0.25) is 0 Å². The molecule has 11 heteroatoms. The third kappa shape index (κ3) is 3.58. The molecule has 2 saturated carbocycles. The lowest BCUT2D eigenvalue weighted by Crippen LogP contribution is -2.50. The highest BCUT2D eigenvalue weighted by molar-refractivity contribution is 9.12. The summed E-state index contributed by atoms with van der Waals surface area (Å²) in [5, 5.41) is 13.3. The van der Waals surface area contributed by atoms with Gasteiger partial charge in [0, 0.05) is 21.8 Å². The molecule has 2 bridgehead atoms. The third-order valence-corrected chi connectivity index (χ3v) is 10.6. The molecule has 0 N–H and O–H groups in total. The number of rotatable bonds is 5. The van der Waals surface area contributed by atoms with Gasteiger partial charge < -0.3 is 0 Å². The molecule has 6 atom stereocenters. The number of fused-ring (bicyclic) bond motifs is 5. The highest BCUT2D eigenvalue weighted by Gasteiger charge is 2.67. The first-order valence-corrected chi connectivity index (χ1v) is 12.9. The minimum Gasteiger partial charge on any atom is -0.272 e. The number of hydrogen-bond donors (Lipinski definition) is 0. The molecule has 176 valence electrons. The molecule has 34 heavy (non-hydrogen) atoms. The minimum atomic E-state index is -0.594. The molecule has 8 nitrogen and oxygen atoms in total. The first kappa shape index (κ1) is 23.4. The van der Waals surface area contributed by atoms with Gasteiger partial charge in [-0.3, -0.25) is 24.5 Å². The molecule has 2 aromatic carbocycles. The Balaban J connectivity index is 1.53. The van der Waals surface area contributed by atoms with Crippen molar-refractivity contribution in [1.29, 1.82) is 0 Å². The summed E-state index contributed by atoms with van der Waals surface area (Å²) in [6.07, 6.45) is 0.771. The Bertz CT molecular complexity index is 1180. The SMILES string of the molecule is O=C(c1ccccc1Cl)N(Cc1ccc([N+](=O)[O-])cc1)N1C(=O)[C@@H]2[C@H]3C[C@@H]([C@H](Br)[C@H]3Br)[C@H]2C1=O. The van der Waals surface area contributed by atoms with E-state index in [0.29, 0.717) is 5.56 Å². The molecular weight excluding hydrogens is 594 g/mol. The van der Waals surface area contributed by atoms with Crippen molar-refractivity contribution >= 4 is 66.9 Å². The van der Waals surface area contributed by atoms with Crippen molar-refractivity contribution in [3.8, 4) is 0 Å². The van der Waals surface area contributed by atoms with Gasteiger partial charge in [0.25, 0.3) is 23.4 Å². The van der Waals surface area contributed by atoms with Crippen LogP contribution in [0.2, 0.25) is 5.02 Å². The van der Waals surface area contributed by atoms with Crippen LogP contribution < -0.4 is 0 Å². The van der Waals surface area contributed by atoms with Crippen LogP contribution in [0.15, 0.2) is 48.5 Å². The number of alkyl halides is 2. The Hall–Kier alpha value is -2.30. The van der Waals surface area contributed by atoms with Gasteiger partial charge in [0.05, 0.1) is 33.9 Å². The van der Waals surface area contributed by atoms with Gasteiger partial charge in [0.15, 0.2) is 0 Å². The number of benzene rings is 2. The first-order chi connectivity index (χ1) is 16.2. The Kier molecular flexibility index (Phi) is 6.02. The van der Waals surface area contributed by atoms with E-state index in [4.69, 9.17) is 11.6 Å². The number of nitrogens with zero attached hydrogens (tertiary/aromatic N) is 3. The molecule has 0 spiro atoms. The number of imide groups is 1. The van der Waals surface area contributed by atoms with E-state index in [-0.39, 0.29) is 44.3 Å². The van der Waals surface area contributed by atoms with Crippen molar-refractivity contribution in [3.05, 3.63) is 74.8 Å². The van der Waals surface area contributed by atoms with Crippen LogP contribution in [-0.2, 0) is 16.1 Å². The average Bonchev–Trinajstić information content (AvgIpc) is 3.43. The van der Waals surface area contributed by atoms with E-state index >= 15 is 0 Å². The van der Waals surface area contributed by atoms with Crippen molar-refractivity contribution < 1.29 is 19.3 Å². The zero-order chi connectivity index (χ0) is 24.3. The van der Waals surface area contributed by atoms with Crippen molar-refractivity contribution in [3.63, 3.8) is 0 Å². The molecule has 0 aromatic heterocycles. The summed E-state index contributed by atoms with van der Waals surface area (Å²) in [5.41, 5.74) is 0.589. The lowest BCUT2D eigenvalue weighted by Gasteiger charge is -2.31. The molecule has 3 fully saturated rings. The molecule has 1 aliphatic heterocycles. The fourth-order valence-electron chi connectivity index (χ4n) is 5.47. The van der Waals surface area contributed by atoms with E-state index in [2.05, 4.69) is 31.9 Å². The van der Waals surface area contributed by atoms with Crippen molar-refractivity contribution in [2.24, 2.45) is 23.7 Å². The second-order valence-corrected chi connectivity index (χ2v) is 11.3. The molecule has 0 unspecified atom stereocenters. The Morgan fingerprint density at radius 2 is 1.59 bits per heavy atom. The zero-order valence-electron chi connectivity index (χ0n) is 17.5. The second-order valence-electron chi connectivity index (χ2n) is 8.76. The molecule has 0 radical (unpaired) electrons. The monoisotopic (exact) mass is 609 g/mol. The molecule has 1 saturated heterocycles. The summed E-state index contributed by atoms with van der Waals surface area (Å²) in [4.78, 5) is 51.4. The average molecular weight is 612 g/mol. The number of hydrogen-bond acceptors (Lipinski definition) is 5. The predicted molar refractivity (Wildman–Crippen MR) is 130 cm³/mol. The largest absolute Gasteiger partial charge is 0.274 e. The summed E-state index contributed by atoms with van der Waals surface area (Å²) in [7, 11) is 0. The number of halogens is 3. The molecule has 3 amide bonds. The number of amides is 3. The smallest absolute Gasteiger partial charge is 0.272 e. The maximum atomic E-state index is 13.6. The molecule has 3 aliphatic rings. The zero-order valence-corrected chi connectivity index (χ0v) is 21.4. The lowest BCUT2D eigenvalue weighted by atomic mass is 9.81. The maximum absolute atomic E-state index is 13.6. The van der Waals surface area contributed by atoms with Crippen LogP contribution in [0.5, 0.6) is 0 Å². The van der Waals surface area contributed by atoms with Gasteiger partial charge in [0.1, 0.15) is 0 Å². The summed E-state index contributed by atoms with van der Waals surface area (Å²) in [5.74, 6) is -2.37. The fraction of sp³-hybridized carbons (Fsp3) is 0.348. The summed E-state index contributed by atoms with van der Waals surface area (Å²) in [6.45, 7) is -0.121. The number of nitro benzene ring substituents is 1. The summed E-state index contributed by atoms with van der Waals surface area (Å²) < 4.78 is 0. The molecular formula is C23H18Br2ClN3O5. The fourth-order valence-corrected chi connectivity index (χ4v) is 7.56. The van der Waals surface area contributed by atoms with Crippen molar-refractivity contribution in [2.75, 3.05) is 0 Å². The summed E-state index contributed by atoms with van der Waals surface area (Å²) >= 11 is 13.6. The predicted octanol–water partition coefficient (Wildman–Crippen LogP) is 4.58. The first-order valence-electron chi connectivity index (χ1n) is 10.7. The Labute approximate surface area is 216 Å². The van der Waals surface area contributed by atoms with Crippen LogP contribution >= 0.6 is 43.5 Å². The number of carbonyl (C=O) groups is 3. The van der Waals surface area contributed by atoms with Gasteiger partial charge >= 0.3 is 0 Å². The van der Waals surface area contributed by atoms with E-state index in [1.807, 2.05) is 0 Å². The van der Waals surface area contributed by atoms with E-state index in [9.17, 15) is 24.5 Å². The van der Waals surface area contributed by atoms with Crippen LogP contribution in [0, 0.1) is 33.8 Å². The Morgan fingerprint density at radius 1 is 1.03 bits per heavy atom. The molecule has 1 heterocycles. The van der Waals surface area contributed by atoms with Gasteiger partial charge in [-0.1, -0.05) is 67.7 Å². The molecule has 5 rings (SSSR count). The number of nitro groups is 1. The minimum absolute atomic E-state index is 0.00235. The normalized spacial score (nSPS) is 29.4. The standard InChI is InChI=1S/C23H18Br2ClN3O5/c24-19-14-9-15(20(19)25)18-17(14)22(31)28(23(18)32)27(21(30)13-3-1-2-4-16(13)26)10-11-5-7-12(8-6-11)29(33)34/h1-8,14-15,17-20H,9-10H2/t14-,15-,17-,18-,19+,20+/m1/s1. The van der Waals surface area contributed by atoms with Gasteiger partial charge in [-0.25, -0.2) is 5.01 Å². The van der Waals surface area contributed by atoms with Gasteiger partial charge in [-0.15, -0.1) is 0 Å². The Morgan fingerprint density at radius 3 is 2.12 bits per heavy atom. The molecule has 2 aliphatic carbocycles. The van der Waals surface area contributed by atoms with Crippen LogP contribution in [0.25, 0.3) is 0 Å².